The highest BCUT2D eigenvalue weighted by Crippen LogP contribution is 2.28. The highest BCUT2D eigenvalue weighted by atomic mass is 16.6. The predicted octanol–water partition coefficient (Wildman–Crippen LogP) is 3.65. The number of rotatable bonds is 7. The fourth-order valence-electron chi connectivity index (χ4n) is 2.60. The van der Waals surface area contributed by atoms with E-state index < -0.39 is 17.0 Å². The normalized spacial score (nSPS) is 11.6. The van der Waals surface area contributed by atoms with Crippen molar-refractivity contribution in [3.63, 3.8) is 0 Å². The number of hydrogen-bond donors (Lipinski definition) is 0. The van der Waals surface area contributed by atoms with Gasteiger partial charge in [0.05, 0.1) is 10.5 Å². The number of nitro benzene ring substituents is 1. The predicted molar refractivity (Wildman–Crippen MR) is 102 cm³/mol. The molecule has 0 fully saturated rings. The van der Waals surface area contributed by atoms with Gasteiger partial charge in [-0.15, -0.1) is 0 Å². The van der Waals surface area contributed by atoms with Crippen LogP contribution in [0.1, 0.15) is 40.1 Å². The number of nitro groups is 1. The Morgan fingerprint density at radius 3 is 2.22 bits per heavy atom. The maximum atomic E-state index is 12.4. The molecule has 7 nitrogen and oxygen atoms in total. The third-order valence-electron chi connectivity index (χ3n) is 4.19. The molecule has 0 aliphatic rings. The standard InChI is InChI=1S/C20H22N2O5/c1-5-14-6-8-15(9-7-14)19(23)13(2)27-20(24)16-10-11-17(21(3)4)18(12-16)22(25)26/h6-13H,5H2,1-4H3/t13-/m1/s1. The second-order valence-corrected chi connectivity index (χ2v) is 6.32. The van der Waals surface area contributed by atoms with Crippen molar-refractivity contribution >= 4 is 23.1 Å². The number of ether oxygens (including phenoxy) is 1. The Bertz CT molecular complexity index is 859. The minimum absolute atomic E-state index is 0.0216. The Kier molecular flexibility index (Phi) is 6.28. The molecule has 0 heterocycles. The van der Waals surface area contributed by atoms with E-state index in [4.69, 9.17) is 4.74 Å². The van der Waals surface area contributed by atoms with Crippen LogP contribution in [0.25, 0.3) is 0 Å². The van der Waals surface area contributed by atoms with Crippen LogP contribution in [0, 0.1) is 10.1 Å². The molecule has 0 radical (unpaired) electrons. The quantitative estimate of drug-likeness (QED) is 0.320. The fraction of sp³-hybridized carbons (Fsp3) is 0.300. The van der Waals surface area contributed by atoms with Gasteiger partial charge in [0.15, 0.2) is 6.10 Å². The first-order valence-electron chi connectivity index (χ1n) is 8.54. The molecule has 142 valence electrons. The van der Waals surface area contributed by atoms with Gasteiger partial charge in [0.2, 0.25) is 5.78 Å². The zero-order valence-electron chi connectivity index (χ0n) is 15.8. The zero-order chi connectivity index (χ0) is 20.1. The van der Waals surface area contributed by atoms with Crippen LogP contribution < -0.4 is 4.90 Å². The van der Waals surface area contributed by atoms with Gasteiger partial charge in [0.1, 0.15) is 5.69 Å². The van der Waals surface area contributed by atoms with Crippen molar-refractivity contribution in [2.75, 3.05) is 19.0 Å². The van der Waals surface area contributed by atoms with Crippen LogP contribution in [0.4, 0.5) is 11.4 Å². The zero-order valence-corrected chi connectivity index (χ0v) is 15.8. The molecule has 0 N–H and O–H groups in total. The number of anilines is 1. The summed E-state index contributed by atoms with van der Waals surface area (Å²) >= 11 is 0. The van der Waals surface area contributed by atoms with Crippen molar-refractivity contribution < 1.29 is 19.2 Å². The molecule has 0 spiro atoms. The van der Waals surface area contributed by atoms with Gasteiger partial charge in [-0.05, 0) is 31.0 Å². The summed E-state index contributed by atoms with van der Waals surface area (Å²) in [6.07, 6.45) is -0.140. The van der Waals surface area contributed by atoms with E-state index in [-0.39, 0.29) is 17.0 Å². The molecule has 2 aromatic carbocycles. The van der Waals surface area contributed by atoms with Crippen LogP contribution in [-0.2, 0) is 11.2 Å². The molecule has 7 heteroatoms. The number of nitrogens with zero attached hydrogens (tertiary/aromatic N) is 2. The van der Waals surface area contributed by atoms with Crippen LogP contribution in [0.2, 0.25) is 0 Å². The molecule has 1 atom stereocenters. The second kappa shape index (κ2) is 8.44. The van der Waals surface area contributed by atoms with E-state index in [1.807, 2.05) is 19.1 Å². The molecule has 0 aliphatic heterocycles. The highest BCUT2D eigenvalue weighted by molar-refractivity contribution is 6.01. The lowest BCUT2D eigenvalue weighted by molar-refractivity contribution is -0.384. The minimum atomic E-state index is -1.00. The first kappa shape index (κ1) is 20.1. The van der Waals surface area contributed by atoms with Crippen LogP contribution in [0.15, 0.2) is 42.5 Å². The number of benzene rings is 2. The van der Waals surface area contributed by atoms with Gasteiger partial charge in [0, 0.05) is 25.7 Å². The number of Topliss-reactive ketones (excluding diaryl/α,β-unsaturated/α-hetero) is 1. The summed E-state index contributed by atoms with van der Waals surface area (Å²) in [6, 6.07) is 11.2. The number of hydrogen-bond acceptors (Lipinski definition) is 6. The number of aryl methyl sites for hydroxylation is 1. The van der Waals surface area contributed by atoms with Crippen molar-refractivity contribution in [3.8, 4) is 0 Å². The van der Waals surface area contributed by atoms with Crippen molar-refractivity contribution in [2.45, 2.75) is 26.4 Å². The summed E-state index contributed by atoms with van der Waals surface area (Å²) in [6.45, 7) is 3.50. The third kappa shape index (κ3) is 4.69. The third-order valence-corrected chi connectivity index (χ3v) is 4.19. The summed E-state index contributed by atoms with van der Waals surface area (Å²) in [5.74, 6) is -1.11. The molecule has 0 saturated carbocycles. The van der Waals surface area contributed by atoms with Crippen molar-refractivity contribution in [1.82, 2.24) is 0 Å². The first-order valence-corrected chi connectivity index (χ1v) is 8.54. The highest BCUT2D eigenvalue weighted by Gasteiger charge is 2.23. The molecular formula is C20H22N2O5. The van der Waals surface area contributed by atoms with Gasteiger partial charge >= 0.3 is 5.97 Å². The van der Waals surface area contributed by atoms with Gasteiger partial charge in [0.25, 0.3) is 5.69 Å². The topological polar surface area (TPSA) is 89.8 Å². The lowest BCUT2D eigenvalue weighted by Gasteiger charge is -2.15. The number of esters is 1. The Morgan fingerprint density at radius 1 is 1.11 bits per heavy atom. The largest absolute Gasteiger partial charge is 0.451 e. The van der Waals surface area contributed by atoms with Crippen molar-refractivity contribution in [2.24, 2.45) is 0 Å². The van der Waals surface area contributed by atoms with E-state index in [0.717, 1.165) is 18.1 Å². The van der Waals surface area contributed by atoms with Crippen molar-refractivity contribution in [3.05, 3.63) is 69.3 Å². The fourth-order valence-corrected chi connectivity index (χ4v) is 2.60. The molecule has 2 rings (SSSR count). The van der Waals surface area contributed by atoms with E-state index in [1.54, 1.807) is 31.1 Å². The summed E-state index contributed by atoms with van der Waals surface area (Å²) in [5, 5.41) is 11.2. The summed E-state index contributed by atoms with van der Waals surface area (Å²) in [4.78, 5) is 37.0. The van der Waals surface area contributed by atoms with E-state index in [1.165, 1.54) is 19.1 Å². The smallest absolute Gasteiger partial charge is 0.339 e. The molecular weight excluding hydrogens is 348 g/mol. The molecule has 0 bridgehead atoms. The average Bonchev–Trinajstić information content (AvgIpc) is 2.66. The SMILES string of the molecule is CCc1ccc(C(=O)[C@@H](C)OC(=O)c2ccc(N(C)C)c([N+](=O)[O-])c2)cc1. The Hall–Kier alpha value is -3.22. The Labute approximate surface area is 157 Å². The lowest BCUT2D eigenvalue weighted by atomic mass is 10.0. The molecule has 0 saturated heterocycles. The molecule has 27 heavy (non-hydrogen) atoms. The lowest BCUT2D eigenvalue weighted by Crippen LogP contribution is -2.24. The monoisotopic (exact) mass is 370 g/mol. The maximum absolute atomic E-state index is 12.4. The van der Waals surface area contributed by atoms with Crippen LogP contribution >= 0.6 is 0 Å². The van der Waals surface area contributed by atoms with E-state index in [2.05, 4.69) is 0 Å². The number of carbonyl (C=O) groups is 2. The van der Waals surface area contributed by atoms with Crippen LogP contribution in [-0.4, -0.2) is 36.9 Å². The molecule has 0 unspecified atom stereocenters. The van der Waals surface area contributed by atoms with E-state index >= 15 is 0 Å². The second-order valence-electron chi connectivity index (χ2n) is 6.32. The van der Waals surface area contributed by atoms with E-state index in [0.29, 0.717) is 11.3 Å². The molecule has 2 aromatic rings. The summed E-state index contributed by atoms with van der Waals surface area (Å²) in [7, 11) is 3.34. The number of ketones is 1. The van der Waals surface area contributed by atoms with Gasteiger partial charge < -0.3 is 9.64 Å². The van der Waals surface area contributed by atoms with E-state index in [9.17, 15) is 19.7 Å². The van der Waals surface area contributed by atoms with Gasteiger partial charge in [-0.1, -0.05) is 31.2 Å². The summed E-state index contributed by atoms with van der Waals surface area (Å²) in [5.41, 5.74) is 1.74. The van der Waals surface area contributed by atoms with Gasteiger partial charge in [-0.3, -0.25) is 14.9 Å². The average molecular weight is 370 g/mol. The minimum Gasteiger partial charge on any atom is -0.451 e. The van der Waals surface area contributed by atoms with Gasteiger partial charge in [-0.2, -0.15) is 0 Å². The Balaban J connectivity index is 2.16. The van der Waals surface area contributed by atoms with Crippen molar-refractivity contribution in [1.29, 1.82) is 0 Å². The Morgan fingerprint density at radius 2 is 1.70 bits per heavy atom. The summed E-state index contributed by atoms with van der Waals surface area (Å²) < 4.78 is 5.22. The first-order chi connectivity index (χ1) is 12.7. The molecule has 0 amide bonds. The van der Waals surface area contributed by atoms with Crippen LogP contribution in [0.5, 0.6) is 0 Å². The van der Waals surface area contributed by atoms with Crippen LogP contribution in [0.3, 0.4) is 0 Å². The maximum Gasteiger partial charge on any atom is 0.339 e. The molecule has 0 aliphatic carbocycles. The van der Waals surface area contributed by atoms with Gasteiger partial charge in [-0.25, -0.2) is 4.79 Å². The molecule has 0 aromatic heterocycles. The number of carbonyl (C=O) groups excluding carboxylic acids is 2.